The van der Waals surface area contributed by atoms with Crippen LogP contribution in [0.1, 0.15) is 64.1 Å². The Labute approximate surface area is 356 Å². The van der Waals surface area contributed by atoms with Crippen molar-refractivity contribution in [2.45, 2.75) is 57.6 Å². The van der Waals surface area contributed by atoms with Crippen LogP contribution in [-0.2, 0) is 25.6 Å². The first-order chi connectivity index (χ1) is 29.3. The molecule has 0 radical (unpaired) electrons. The van der Waals surface area contributed by atoms with Crippen LogP contribution in [0.2, 0.25) is 5.02 Å². The van der Waals surface area contributed by atoms with E-state index in [4.69, 9.17) is 11.6 Å². The molecule has 318 valence electrons. The van der Waals surface area contributed by atoms with Crippen LogP contribution in [0, 0.1) is 0 Å². The highest BCUT2D eigenvalue weighted by atomic mass is 35.5. The minimum Gasteiger partial charge on any atom is -0.406 e. The molecule has 3 aromatic carbocycles. The topological polar surface area (TPSA) is 96.7 Å². The van der Waals surface area contributed by atoms with E-state index >= 15 is 0 Å². The lowest BCUT2D eigenvalue weighted by molar-refractivity contribution is -0.274. The Morgan fingerprint density at radius 3 is 2.36 bits per heavy atom. The molecule has 0 saturated carbocycles. The van der Waals surface area contributed by atoms with Crippen molar-refractivity contribution in [1.29, 1.82) is 0 Å². The van der Waals surface area contributed by atoms with E-state index in [2.05, 4.69) is 47.4 Å². The molecule has 1 aliphatic heterocycles. The molecule has 7 aromatic rings. The molecular formula is C44H40ClF6N7O2S. The Morgan fingerprint density at radius 2 is 1.66 bits per heavy atom. The number of benzene rings is 3. The number of halogens is 7. The largest absolute Gasteiger partial charge is 0.573 e. The van der Waals surface area contributed by atoms with E-state index in [1.54, 1.807) is 40.9 Å². The molecule has 0 unspecified atom stereocenters. The first-order valence-electron chi connectivity index (χ1n) is 19.5. The molecule has 0 bridgehead atoms. The van der Waals surface area contributed by atoms with Gasteiger partial charge in [0.05, 0.1) is 26.5 Å². The van der Waals surface area contributed by atoms with Crippen molar-refractivity contribution in [2.75, 3.05) is 29.9 Å². The van der Waals surface area contributed by atoms with Gasteiger partial charge in [0.15, 0.2) is 0 Å². The summed E-state index contributed by atoms with van der Waals surface area (Å²) in [6.45, 7) is 4.41. The van der Waals surface area contributed by atoms with E-state index in [9.17, 15) is 31.1 Å². The van der Waals surface area contributed by atoms with E-state index < -0.39 is 18.1 Å². The number of thiophene rings is 1. The van der Waals surface area contributed by atoms with Gasteiger partial charge in [-0.25, -0.2) is 15.0 Å². The maximum atomic E-state index is 13.0. The van der Waals surface area contributed by atoms with Gasteiger partial charge in [-0.15, -0.1) is 24.5 Å². The Kier molecular flexibility index (Phi) is 13.3. The van der Waals surface area contributed by atoms with Gasteiger partial charge >= 0.3 is 12.5 Å². The maximum absolute atomic E-state index is 13.0. The molecule has 2 N–H and O–H groups in total. The second kappa shape index (κ2) is 18.8. The zero-order valence-corrected chi connectivity index (χ0v) is 34.3. The van der Waals surface area contributed by atoms with Gasteiger partial charge in [0.2, 0.25) is 0 Å². The highest BCUT2D eigenvalue weighted by Crippen LogP contribution is 2.34. The van der Waals surface area contributed by atoms with Gasteiger partial charge in [-0.1, -0.05) is 61.0 Å². The lowest BCUT2D eigenvalue weighted by atomic mass is 9.89. The number of ether oxygens (including phenoxy) is 1. The smallest absolute Gasteiger partial charge is 0.406 e. The van der Waals surface area contributed by atoms with Gasteiger partial charge in [0.25, 0.3) is 5.91 Å². The number of alkyl halides is 6. The number of pyridine rings is 1. The van der Waals surface area contributed by atoms with E-state index in [0.29, 0.717) is 41.7 Å². The number of carbonyl (C=O) groups is 1. The minimum atomic E-state index is -4.68. The molecule has 0 spiro atoms. The third-order valence-electron chi connectivity index (χ3n) is 10.3. The molecule has 61 heavy (non-hydrogen) atoms. The Morgan fingerprint density at radius 1 is 0.918 bits per heavy atom. The number of nitrogens with one attached hydrogen (secondary N) is 2. The number of imidazole rings is 1. The molecule has 1 aliphatic rings. The first kappa shape index (κ1) is 43.2. The molecule has 17 heteroatoms. The highest BCUT2D eigenvalue weighted by Gasteiger charge is 2.33. The molecule has 0 atom stereocenters. The summed E-state index contributed by atoms with van der Waals surface area (Å²) in [6, 6.07) is 25.4. The van der Waals surface area contributed by atoms with Crippen LogP contribution in [0.3, 0.4) is 0 Å². The number of aromatic nitrogens is 4. The quantitative estimate of drug-likeness (QED) is 0.125. The molecule has 1 saturated heterocycles. The van der Waals surface area contributed by atoms with Crippen molar-refractivity contribution < 1.29 is 35.9 Å². The van der Waals surface area contributed by atoms with E-state index in [0.717, 1.165) is 64.7 Å². The summed E-state index contributed by atoms with van der Waals surface area (Å²) in [5, 5.41) is 8.53. The third kappa shape index (κ3) is 10.9. The predicted molar refractivity (Wildman–Crippen MR) is 226 cm³/mol. The van der Waals surface area contributed by atoms with Gasteiger partial charge in [-0.2, -0.15) is 13.2 Å². The number of nitrogens with zero attached hydrogens (tertiary/aromatic N) is 5. The second-order valence-electron chi connectivity index (χ2n) is 14.3. The third-order valence-corrected chi connectivity index (χ3v) is 11.4. The van der Waals surface area contributed by atoms with E-state index in [-0.39, 0.29) is 29.6 Å². The summed E-state index contributed by atoms with van der Waals surface area (Å²) in [5.74, 6) is 0.544. The average molecular weight is 880 g/mol. The van der Waals surface area contributed by atoms with Crippen molar-refractivity contribution in [2.24, 2.45) is 0 Å². The van der Waals surface area contributed by atoms with Gasteiger partial charge in [0, 0.05) is 38.1 Å². The highest BCUT2D eigenvalue weighted by molar-refractivity contribution is 7.17. The zero-order chi connectivity index (χ0) is 43.1. The van der Waals surface area contributed by atoms with Crippen LogP contribution in [0.5, 0.6) is 5.75 Å². The molecule has 8 rings (SSSR count). The van der Waals surface area contributed by atoms with Crippen LogP contribution in [-0.4, -0.2) is 51.3 Å². The number of aryl methyl sites for hydroxylation is 1. The van der Waals surface area contributed by atoms with Crippen LogP contribution in [0.25, 0.3) is 15.9 Å². The summed E-state index contributed by atoms with van der Waals surface area (Å²) in [7, 11) is 0. The lowest BCUT2D eigenvalue weighted by Crippen LogP contribution is -2.32. The molecule has 0 aliphatic carbocycles. The van der Waals surface area contributed by atoms with Crippen LogP contribution in [0.4, 0.5) is 37.8 Å². The number of anilines is 2. The number of carbonyl (C=O) groups excluding carboxylic acids is 1. The number of fused-ring (bicyclic) bond motifs is 2. The minimum absolute atomic E-state index is 0.200. The molecule has 4 aromatic heterocycles. The number of piperidine rings is 1. The summed E-state index contributed by atoms with van der Waals surface area (Å²) in [5.41, 5.74) is 5.53. The van der Waals surface area contributed by atoms with Crippen molar-refractivity contribution in [3.8, 4) is 5.75 Å². The van der Waals surface area contributed by atoms with Crippen molar-refractivity contribution >= 4 is 56.2 Å². The van der Waals surface area contributed by atoms with Crippen LogP contribution >= 0.6 is 22.9 Å². The fourth-order valence-corrected chi connectivity index (χ4v) is 8.27. The summed E-state index contributed by atoms with van der Waals surface area (Å²) >= 11 is 7.64. The molecule has 1 fully saturated rings. The zero-order valence-electron chi connectivity index (χ0n) is 32.7. The van der Waals surface area contributed by atoms with Crippen molar-refractivity contribution in [3.63, 3.8) is 0 Å². The SMILES string of the molecule is CCc1nc2ccc(Cl)cn2c1C(=O)NCc1ccc(N2CCC(c3ccc(OC(F)(F)F)cc3)CC2)cc1.FC(F)(F)c1ccccc1CCNc1ncnc2ccsc12. The number of hydrogen-bond donors (Lipinski definition) is 2. The predicted octanol–water partition coefficient (Wildman–Crippen LogP) is 11.1. The van der Waals surface area contributed by atoms with Gasteiger partial charge < -0.3 is 20.3 Å². The molecule has 9 nitrogen and oxygen atoms in total. The summed E-state index contributed by atoms with van der Waals surface area (Å²) in [6.07, 6.45) is -3.16. The summed E-state index contributed by atoms with van der Waals surface area (Å²) in [4.78, 5) is 28.2. The maximum Gasteiger partial charge on any atom is 0.573 e. The van der Waals surface area contributed by atoms with Gasteiger partial charge in [-0.3, -0.25) is 9.20 Å². The van der Waals surface area contributed by atoms with E-state index in [1.165, 1.54) is 41.9 Å². The number of amides is 1. The summed E-state index contributed by atoms with van der Waals surface area (Å²) < 4.78 is 82.6. The average Bonchev–Trinajstić information content (AvgIpc) is 3.88. The monoisotopic (exact) mass is 879 g/mol. The van der Waals surface area contributed by atoms with Crippen LogP contribution < -0.4 is 20.3 Å². The lowest BCUT2D eigenvalue weighted by Gasteiger charge is -2.34. The van der Waals surface area contributed by atoms with Crippen LogP contribution in [0.15, 0.2) is 109 Å². The fourth-order valence-electron chi connectivity index (χ4n) is 7.30. The first-order valence-corrected chi connectivity index (χ1v) is 20.7. The normalized spacial score (nSPS) is 13.5. The second-order valence-corrected chi connectivity index (χ2v) is 15.6. The Balaban J connectivity index is 0.000000215. The van der Waals surface area contributed by atoms with Gasteiger partial charge in [-0.05, 0) is 102 Å². The van der Waals surface area contributed by atoms with Crippen molar-refractivity contribution in [1.82, 2.24) is 24.7 Å². The standard InChI is InChI=1S/C29H28ClF3N4O2.C15H12F3N3S/c1-2-25-27(37-18-22(30)7-12-26(37)35-25)28(38)34-17-19-3-8-23(9-4-19)36-15-13-21(14-16-36)20-5-10-24(11-6-20)39-29(31,32)33;16-15(17,18)11-4-2-1-3-10(11)5-7-19-14-13-12(6-8-22-13)20-9-21-14/h3-12,18,21H,2,13-17H2,1H3,(H,34,38);1-4,6,8-9H,5,7H2,(H,19,20,21). The Bertz CT molecular complexity index is 2570. The van der Waals surface area contributed by atoms with E-state index in [1.807, 2.05) is 30.5 Å². The molecule has 1 amide bonds. The Hall–Kier alpha value is -5.87. The van der Waals surface area contributed by atoms with Gasteiger partial charge in [0.1, 0.15) is 29.2 Å². The fraction of sp³-hybridized carbons (Fsp3) is 0.273. The number of rotatable bonds is 11. The molecule has 5 heterocycles. The van der Waals surface area contributed by atoms with Crippen molar-refractivity contribution in [3.05, 3.63) is 148 Å². The number of hydrogen-bond acceptors (Lipinski definition) is 8. The molecular weight excluding hydrogens is 840 g/mol.